The van der Waals surface area contributed by atoms with Crippen LogP contribution in [0.4, 0.5) is 0 Å². The van der Waals surface area contributed by atoms with E-state index in [-0.39, 0.29) is 38.2 Å². The highest BCUT2D eigenvalue weighted by Gasteiger charge is 2.25. The second-order valence-corrected chi connectivity index (χ2v) is 27.6. The Kier molecular flexibility index (Phi) is 71.0. The monoisotopic (exact) mass is 1300 g/mol. The van der Waals surface area contributed by atoms with Crippen molar-refractivity contribution in [2.24, 2.45) is 0 Å². The fraction of sp³-hybridized carbons (Fsp3) is 0.774. The number of allylic oxidation sites excluding steroid dienone is 16. The first kappa shape index (κ1) is 89.2. The molecule has 0 rings (SSSR count). The van der Waals surface area contributed by atoms with Crippen molar-refractivity contribution in [3.05, 3.63) is 97.2 Å². The second kappa shape index (κ2) is 74.0. The molecule has 0 saturated carbocycles. The van der Waals surface area contributed by atoms with Gasteiger partial charge in [-0.2, -0.15) is 0 Å². The van der Waals surface area contributed by atoms with Crippen molar-refractivity contribution in [3.8, 4) is 0 Å². The fourth-order valence-electron chi connectivity index (χ4n) is 11.4. The van der Waals surface area contributed by atoms with E-state index in [1.807, 2.05) is 21.1 Å². The van der Waals surface area contributed by atoms with E-state index in [2.05, 4.69) is 111 Å². The maximum Gasteiger partial charge on any atom is 0.361 e. The molecule has 2 atom stereocenters. The molecule has 0 aromatic heterocycles. The number of quaternary nitrogens is 1. The Morgan fingerprint density at radius 3 is 0.860 bits per heavy atom. The molecule has 0 amide bonds. The van der Waals surface area contributed by atoms with Crippen molar-refractivity contribution in [3.63, 3.8) is 0 Å². The number of carboxylic acids is 1. The summed E-state index contributed by atoms with van der Waals surface area (Å²) in [6.07, 6.45) is 99.9. The largest absolute Gasteiger partial charge is 0.477 e. The molecular formula is C84H150NO8+. The molecular weight excluding hydrogens is 1150 g/mol. The number of rotatable bonds is 73. The molecule has 0 radical (unpaired) electrons. The topological polar surface area (TPSA) is 108 Å². The summed E-state index contributed by atoms with van der Waals surface area (Å²) < 4.78 is 23.0. The molecule has 0 saturated heterocycles. The van der Waals surface area contributed by atoms with Crippen molar-refractivity contribution in [1.82, 2.24) is 0 Å². The summed E-state index contributed by atoms with van der Waals surface area (Å²) >= 11 is 0. The lowest BCUT2D eigenvalue weighted by Crippen LogP contribution is -2.40. The minimum absolute atomic E-state index is 0.181. The smallest absolute Gasteiger partial charge is 0.361 e. The predicted molar refractivity (Wildman–Crippen MR) is 401 cm³/mol. The zero-order chi connectivity index (χ0) is 67.5. The lowest BCUT2D eigenvalue weighted by molar-refractivity contribution is -0.870. The first-order chi connectivity index (χ1) is 45.6. The summed E-state index contributed by atoms with van der Waals surface area (Å²) in [5.74, 6) is -1.99. The van der Waals surface area contributed by atoms with Gasteiger partial charge in [-0.25, -0.2) is 4.79 Å². The third-order valence-electron chi connectivity index (χ3n) is 17.3. The van der Waals surface area contributed by atoms with Crippen LogP contribution in [0.5, 0.6) is 0 Å². The van der Waals surface area contributed by atoms with Crippen molar-refractivity contribution >= 4 is 17.9 Å². The predicted octanol–water partition coefficient (Wildman–Crippen LogP) is 25.1. The number of hydrogen-bond donors (Lipinski definition) is 1. The molecule has 0 aromatic rings. The van der Waals surface area contributed by atoms with Gasteiger partial charge in [0.05, 0.1) is 34.4 Å². The minimum atomic E-state index is -1.51. The van der Waals surface area contributed by atoms with Crippen molar-refractivity contribution in [1.29, 1.82) is 0 Å². The summed E-state index contributed by atoms with van der Waals surface area (Å²) in [5, 5.41) is 9.77. The van der Waals surface area contributed by atoms with Crippen LogP contribution in [-0.4, -0.2) is 87.4 Å². The van der Waals surface area contributed by atoms with E-state index >= 15 is 0 Å². The Hall–Kier alpha value is -3.79. The number of esters is 2. The van der Waals surface area contributed by atoms with E-state index in [1.165, 1.54) is 244 Å². The molecule has 0 aromatic carbocycles. The highest BCUT2D eigenvalue weighted by molar-refractivity contribution is 5.71. The standard InChI is InChI=1S/C84H149NO8/c1-6-8-10-12-14-16-18-20-22-24-26-28-30-32-34-35-36-37-38-39-40-41-42-43-44-45-46-47-49-51-53-55-57-59-61-63-65-67-69-71-73-75-82(87)93-80(79-92-84(83(88)89)90-77-76-85(3,4)5)78-91-81(86)74-72-70-68-66-64-62-60-58-56-54-52-50-48-33-31-29-27-25-23-21-19-17-15-13-11-9-7-2/h8-11,14-17,20-23,26-29,80,84H,6-7,12-13,18-19,24-25,30-79H2,1-5H3/p+1/b10-8-,11-9-,16-14-,17-15-,22-20-,23-21-,28-26-,29-27-. The molecule has 0 spiro atoms. The molecule has 93 heavy (non-hydrogen) atoms. The molecule has 1 N–H and O–H groups in total. The maximum absolute atomic E-state index is 13.0. The number of carboxylic acid groups (broad SMARTS) is 1. The number of nitrogens with zero attached hydrogens (tertiary/aromatic N) is 1. The summed E-state index contributed by atoms with van der Waals surface area (Å²) in [7, 11) is 5.99. The highest BCUT2D eigenvalue weighted by Crippen LogP contribution is 2.19. The lowest BCUT2D eigenvalue weighted by atomic mass is 10.0. The number of ether oxygens (including phenoxy) is 4. The van der Waals surface area contributed by atoms with Gasteiger partial charge in [0.1, 0.15) is 13.2 Å². The van der Waals surface area contributed by atoms with Crippen LogP contribution in [0.2, 0.25) is 0 Å². The van der Waals surface area contributed by atoms with E-state index in [4.69, 9.17) is 18.9 Å². The van der Waals surface area contributed by atoms with Crippen LogP contribution < -0.4 is 0 Å². The van der Waals surface area contributed by atoms with Gasteiger partial charge < -0.3 is 28.5 Å². The molecule has 0 aliphatic rings. The van der Waals surface area contributed by atoms with E-state index in [1.54, 1.807) is 0 Å². The van der Waals surface area contributed by atoms with Crippen molar-refractivity contribution in [2.45, 2.75) is 373 Å². The van der Waals surface area contributed by atoms with Gasteiger partial charge in [-0.05, 0) is 89.9 Å². The molecule has 9 heteroatoms. The van der Waals surface area contributed by atoms with Gasteiger partial charge in [0.25, 0.3) is 6.29 Å². The van der Waals surface area contributed by atoms with Gasteiger partial charge in [-0.3, -0.25) is 9.59 Å². The first-order valence-electron chi connectivity index (χ1n) is 39.4. The van der Waals surface area contributed by atoms with Crippen LogP contribution in [0, 0.1) is 0 Å². The highest BCUT2D eigenvalue weighted by atomic mass is 16.7. The molecule has 0 aliphatic heterocycles. The van der Waals surface area contributed by atoms with Crippen molar-refractivity contribution in [2.75, 3.05) is 47.5 Å². The number of unbranched alkanes of at least 4 members (excludes halogenated alkanes) is 42. The quantitative estimate of drug-likeness (QED) is 0.0211. The number of likely N-dealkylation sites (N-methyl/N-ethyl adjacent to an activating group) is 1. The Balaban J connectivity index is 3.96. The lowest BCUT2D eigenvalue weighted by Gasteiger charge is -2.25. The molecule has 538 valence electrons. The zero-order valence-corrected chi connectivity index (χ0v) is 61.7. The van der Waals surface area contributed by atoms with Crippen LogP contribution in [-0.2, 0) is 33.3 Å². The molecule has 9 nitrogen and oxygen atoms in total. The van der Waals surface area contributed by atoms with Crippen molar-refractivity contribution < 1.29 is 42.9 Å². The third kappa shape index (κ3) is 75.5. The fourth-order valence-corrected chi connectivity index (χ4v) is 11.4. The third-order valence-corrected chi connectivity index (χ3v) is 17.3. The summed E-state index contributed by atoms with van der Waals surface area (Å²) in [4.78, 5) is 37.7. The van der Waals surface area contributed by atoms with Crippen LogP contribution >= 0.6 is 0 Å². The Morgan fingerprint density at radius 2 is 0.581 bits per heavy atom. The molecule has 0 heterocycles. The molecule has 2 unspecified atom stereocenters. The molecule has 0 aliphatic carbocycles. The second-order valence-electron chi connectivity index (χ2n) is 27.6. The van der Waals surface area contributed by atoms with Gasteiger partial charge in [0.15, 0.2) is 6.10 Å². The summed E-state index contributed by atoms with van der Waals surface area (Å²) in [6.45, 7) is 4.70. The van der Waals surface area contributed by atoms with Crippen LogP contribution in [0.3, 0.4) is 0 Å². The average molecular weight is 1300 g/mol. The number of carbonyl (C=O) groups excluding carboxylic acids is 2. The Labute approximate surface area is 575 Å². The normalized spacial score (nSPS) is 13.2. The molecule has 0 bridgehead atoms. The number of aliphatic carboxylic acids is 1. The Morgan fingerprint density at radius 1 is 0.323 bits per heavy atom. The van der Waals surface area contributed by atoms with Gasteiger partial charge in [-0.15, -0.1) is 0 Å². The number of carbonyl (C=O) groups is 3. The maximum atomic E-state index is 13.0. The minimum Gasteiger partial charge on any atom is -0.477 e. The van der Waals surface area contributed by atoms with E-state index in [9.17, 15) is 19.5 Å². The van der Waals surface area contributed by atoms with Gasteiger partial charge in [-0.1, -0.05) is 355 Å². The van der Waals surface area contributed by atoms with Gasteiger partial charge >= 0.3 is 17.9 Å². The van der Waals surface area contributed by atoms with E-state index in [0.29, 0.717) is 17.4 Å². The van der Waals surface area contributed by atoms with E-state index < -0.39 is 18.4 Å². The van der Waals surface area contributed by atoms with Crippen LogP contribution in [0.1, 0.15) is 361 Å². The van der Waals surface area contributed by atoms with Crippen LogP contribution in [0.25, 0.3) is 0 Å². The Bertz CT molecular complexity index is 1850. The number of hydrogen-bond acceptors (Lipinski definition) is 7. The summed E-state index contributed by atoms with van der Waals surface area (Å²) in [6, 6.07) is 0. The van der Waals surface area contributed by atoms with Gasteiger partial charge in [0, 0.05) is 12.8 Å². The van der Waals surface area contributed by atoms with E-state index in [0.717, 1.165) is 89.9 Å². The zero-order valence-electron chi connectivity index (χ0n) is 61.7. The molecule has 0 fully saturated rings. The van der Waals surface area contributed by atoms with Crippen LogP contribution in [0.15, 0.2) is 97.2 Å². The summed E-state index contributed by atoms with van der Waals surface area (Å²) in [5.41, 5.74) is 0. The first-order valence-corrected chi connectivity index (χ1v) is 39.4. The van der Waals surface area contributed by atoms with Gasteiger partial charge in [0.2, 0.25) is 0 Å². The average Bonchev–Trinajstić information content (AvgIpc) is 3.38. The SMILES string of the molecule is CC/C=C\C/C=C\C/C=C\C/C=C\CCCCCCCCCCCCCCCCCCCCCCCCCCCCCCC(=O)OC(COC(=O)CCCCCCCCCCCCCCCC/C=C\C/C=C\C/C=C\C/C=C\CC)COC(OCC[N+](C)(C)C)C(=O)O.